The van der Waals surface area contributed by atoms with E-state index in [2.05, 4.69) is 241 Å². The summed E-state index contributed by atoms with van der Waals surface area (Å²) in [4.78, 5) is 2.67. The van der Waals surface area contributed by atoms with Gasteiger partial charge in [-0.1, -0.05) is 219 Å². The Morgan fingerprint density at radius 2 is 0.813 bits per heavy atom. The van der Waals surface area contributed by atoms with Crippen LogP contribution in [0.3, 0.4) is 0 Å². The minimum Gasteiger partial charge on any atom is -0.455 e. The van der Waals surface area contributed by atoms with Crippen molar-refractivity contribution in [2.75, 3.05) is 4.90 Å². The maximum Gasteiger partial charge on any atom is 0.143 e. The number of fused-ring (bicyclic) bond motifs is 24. The summed E-state index contributed by atoms with van der Waals surface area (Å²) in [6, 6.07) is 89.9. The van der Waals surface area contributed by atoms with Crippen molar-refractivity contribution in [1.29, 1.82) is 0 Å². The van der Waals surface area contributed by atoms with Gasteiger partial charge in [-0.2, -0.15) is 0 Å². The molecule has 75 heavy (non-hydrogen) atoms. The summed E-state index contributed by atoms with van der Waals surface area (Å²) < 4.78 is 7.08. The molecule has 0 N–H and O–H groups in total. The summed E-state index contributed by atoms with van der Waals surface area (Å²) in [7, 11) is 0. The molecule has 0 radical (unpaired) electrons. The first-order chi connectivity index (χ1) is 37.2. The van der Waals surface area contributed by atoms with Gasteiger partial charge in [0.25, 0.3) is 0 Å². The average molecular weight is 956 g/mol. The van der Waals surface area contributed by atoms with Crippen molar-refractivity contribution in [3.8, 4) is 44.5 Å². The average Bonchev–Trinajstić information content (AvgIpc) is 4.19. The highest BCUT2D eigenvalue weighted by Gasteiger charge is 2.52. The first-order valence-corrected chi connectivity index (χ1v) is 27.0. The summed E-state index contributed by atoms with van der Waals surface area (Å²) in [6.07, 6.45) is 6.07. The van der Waals surface area contributed by atoms with Crippen LogP contribution in [0.5, 0.6) is 0 Å². The first kappa shape index (κ1) is 41.5. The van der Waals surface area contributed by atoms with Crippen molar-refractivity contribution in [2.24, 2.45) is 0 Å². The van der Waals surface area contributed by atoms with E-state index in [-0.39, 0.29) is 5.41 Å². The Morgan fingerprint density at radius 1 is 0.307 bits per heavy atom. The van der Waals surface area contributed by atoms with Gasteiger partial charge in [0, 0.05) is 38.6 Å². The highest BCUT2D eigenvalue weighted by atomic mass is 16.3. The number of benzene rings is 12. The molecule has 1 heterocycles. The van der Waals surface area contributed by atoms with Crippen LogP contribution in [0.25, 0.3) is 98.8 Å². The minimum absolute atomic E-state index is 0.0338. The van der Waals surface area contributed by atoms with E-state index in [4.69, 9.17) is 4.42 Å². The third kappa shape index (κ3) is 5.38. The van der Waals surface area contributed by atoms with Crippen LogP contribution in [-0.2, 0) is 10.8 Å². The van der Waals surface area contributed by atoms with E-state index >= 15 is 0 Å². The Kier molecular flexibility index (Phi) is 8.46. The fourth-order valence-corrected chi connectivity index (χ4v) is 15.3. The zero-order valence-electron chi connectivity index (χ0n) is 41.4. The van der Waals surface area contributed by atoms with Gasteiger partial charge in [-0.05, 0) is 143 Å². The molecular formula is C73H49NO. The van der Waals surface area contributed by atoms with Crippen molar-refractivity contribution in [3.63, 3.8) is 0 Å². The third-order valence-electron chi connectivity index (χ3n) is 18.3. The number of nitrogens with zero attached hydrogens (tertiary/aromatic N) is 1. The van der Waals surface area contributed by atoms with E-state index in [1.807, 2.05) is 0 Å². The lowest BCUT2D eigenvalue weighted by atomic mass is 9.68. The van der Waals surface area contributed by atoms with Gasteiger partial charge in [0.1, 0.15) is 11.2 Å². The molecule has 0 aliphatic heterocycles. The summed E-state index contributed by atoms with van der Waals surface area (Å²) >= 11 is 0. The van der Waals surface area contributed by atoms with E-state index in [0.717, 1.165) is 57.3 Å². The minimum atomic E-state index is -0.556. The molecule has 4 aliphatic rings. The van der Waals surface area contributed by atoms with Crippen molar-refractivity contribution in [1.82, 2.24) is 0 Å². The van der Waals surface area contributed by atoms with Crippen LogP contribution in [0.4, 0.5) is 17.1 Å². The van der Waals surface area contributed by atoms with Gasteiger partial charge in [-0.25, -0.2) is 0 Å². The van der Waals surface area contributed by atoms with Gasteiger partial charge in [-0.3, -0.25) is 0 Å². The van der Waals surface area contributed by atoms with Crippen LogP contribution in [0, 0.1) is 0 Å². The molecule has 0 saturated heterocycles. The third-order valence-corrected chi connectivity index (χ3v) is 18.3. The predicted octanol–water partition coefficient (Wildman–Crippen LogP) is 19.8. The standard InChI is InChI=1S/C73H49NO/c1-16-40-72(41-17-1)61-31-11-9-28-57(61)70-65(72)35-19-36-67(70)74(45-38-39-50-48-22-3-2-20-46(48)47-21-4-5-23-49(47)58(50)42-45)68-44-66-59(43-60(68)56-30-18-29-55-54-27-10-15-37-69(54)75-71(55)56)53-26-8-14-34-64(53)73(66)62-32-12-6-24-51(62)52-25-7-13-33-63(52)73/h2-15,18-39,42-44H,1,16-17,40-41H2. The molecular weight excluding hydrogens is 907 g/mol. The van der Waals surface area contributed by atoms with Crippen molar-refractivity contribution < 1.29 is 4.42 Å². The summed E-state index contributed by atoms with van der Waals surface area (Å²) in [5, 5.41) is 9.82. The van der Waals surface area contributed by atoms with Crippen molar-refractivity contribution in [3.05, 3.63) is 270 Å². The molecule has 0 amide bonds. The highest BCUT2D eigenvalue weighted by Crippen LogP contribution is 2.66. The fraction of sp³-hybridized carbons (Fsp3) is 0.0959. The Balaban J connectivity index is 1.05. The lowest BCUT2D eigenvalue weighted by molar-refractivity contribution is 0.353. The van der Waals surface area contributed by atoms with Crippen LogP contribution in [0.15, 0.2) is 241 Å². The SMILES string of the molecule is c1ccc2c(c1)-c1c(N(c3ccc4c5ccccc5c5ccccc5c4c3)c3cc4c(cc3-c3cccc5c3oc3ccccc35)-c3ccccc3C43c4ccccc4-c4ccccc43)cccc1C21CCCCC1. The summed E-state index contributed by atoms with van der Waals surface area (Å²) in [6.45, 7) is 0. The lowest BCUT2D eigenvalue weighted by Gasteiger charge is -2.36. The van der Waals surface area contributed by atoms with Crippen LogP contribution >= 0.6 is 0 Å². The number of hydrogen-bond acceptors (Lipinski definition) is 2. The molecule has 352 valence electrons. The van der Waals surface area contributed by atoms with Crippen molar-refractivity contribution >= 4 is 71.3 Å². The molecule has 17 rings (SSSR count). The van der Waals surface area contributed by atoms with Gasteiger partial charge in [0.2, 0.25) is 0 Å². The molecule has 2 nitrogen and oxygen atoms in total. The number of furan rings is 1. The molecule has 0 unspecified atom stereocenters. The quantitative estimate of drug-likeness (QED) is 0.163. The van der Waals surface area contributed by atoms with Gasteiger partial charge < -0.3 is 9.32 Å². The second-order valence-electron chi connectivity index (χ2n) is 21.6. The molecule has 2 heteroatoms. The van der Waals surface area contributed by atoms with Gasteiger partial charge in [0.05, 0.1) is 16.8 Å². The van der Waals surface area contributed by atoms with Crippen molar-refractivity contribution in [2.45, 2.75) is 42.9 Å². The highest BCUT2D eigenvalue weighted by molar-refractivity contribution is 6.26. The zero-order chi connectivity index (χ0) is 49.0. The predicted molar refractivity (Wildman–Crippen MR) is 312 cm³/mol. The van der Waals surface area contributed by atoms with E-state index in [1.165, 1.54) is 124 Å². The topological polar surface area (TPSA) is 16.4 Å². The zero-order valence-corrected chi connectivity index (χ0v) is 41.4. The van der Waals surface area contributed by atoms with Crippen LogP contribution < -0.4 is 4.90 Å². The van der Waals surface area contributed by atoms with Crippen LogP contribution in [0.1, 0.15) is 65.5 Å². The number of anilines is 3. The summed E-state index contributed by atoms with van der Waals surface area (Å²) in [5.41, 5.74) is 22.9. The Bertz CT molecular complexity index is 4520. The number of rotatable bonds is 4. The molecule has 4 aliphatic carbocycles. The summed E-state index contributed by atoms with van der Waals surface area (Å²) in [5.74, 6) is 0. The lowest BCUT2D eigenvalue weighted by Crippen LogP contribution is -2.28. The van der Waals surface area contributed by atoms with E-state index in [0.29, 0.717) is 0 Å². The van der Waals surface area contributed by atoms with E-state index < -0.39 is 5.41 Å². The number of hydrogen-bond donors (Lipinski definition) is 0. The maximum atomic E-state index is 7.08. The fourth-order valence-electron chi connectivity index (χ4n) is 15.3. The second kappa shape index (κ2) is 15.3. The van der Waals surface area contributed by atoms with Crippen LogP contribution in [-0.4, -0.2) is 0 Å². The monoisotopic (exact) mass is 955 g/mol. The smallest absolute Gasteiger partial charge is 0.143 e. The largest absolute Gasteiger partial charge is 0.455 e. The van der Waals surface area contributed by atoms with Gasteiger partial charge >= 0.3 is 0 Å². The van der Waals surface area contributed by atoms with Gasteiger partial charge in [-0.15, -0.1) is 0 Å². The molecule has 1 fully saturated rings. The molecule has 13 aromatic rings. The molecule has 1 aromatic heterocycles. The van der Waals surface area contributed by atoms with E-state index in [1.54, 1.807) is 0 Å². The Labute approximate surface area is 435 Å². The Hall–Kier alpha value is -8.98. The van der Waals surface area contributed by atoms with E-state index in [9.17, 15) is 0 Å². The normalized spacial score (nSPS) is 15.1. The molecule has 1 saturated carbocycles. The second-order valence-corrected chi connectivity index (χ2v) is 21.6. The Morgan fingerprint density at radius 3 is 1.49 bits per heavy atom. The molecule has 0 bridgehead atoms. The van der Waals surface area contributed by atoms with Gasteiger partial charge in [0.15, 0.2) is 0 Å². The molecule has 0 atom stereocenters. The first-order valence-electron chi connectivity index (χ1n) is 27.0. The maximum absolute atomic E-state index is 7.08. The van der Waals surface area contributed by atoms with Crippen LogP contribution in [0.2, 0.25) is 0 Å². The number of para-hydroxylation sites is 2. The molecule has 2 spiro atoms. The molecule has 12 aromatic carbocycles.